The molecule has 2 rings (SSSR count). The SMILES string of the molecule is CCNc1ccc(NC(=O)c2ccc[nH]2)cn1. The van der Waals surface area contributed by atoms with Crippen LogP contribution in [0.25, 0.3) is 0 Å². The van der Waals surface area contributed by atoms with Crippen molar-refractivity contribution in [1.29, 1.82) is 0 Å². The maximum atomic E-state index is 11.7. The monoisotopic (exact) mass is 230 g/mol. The van der Waals surface area contributed by atoms with Gasteiger partial charge in [-0.15, -0.1) is 0 Å². The second kappa shape index (κ2) is 5.16. The highest BCUT2D eigenvalue weighted by molar-refractivity contribution is 6.02. The molecular weight excluding hydrogens is 216 g/mol. The molecule has 3 N–H and O–H groups in total. The number of pyridine rings is 1. The second-order valence-corrected chi connectivity index (χ2v) is 3.50. The lowest BCUT2D eigenvalue weighted by molar-refractivity contribution is 0.102. The number of hydrogen-bond acceptors (Lipinski definition) is 3. The van der Waals surface area contributed by atoms with Crippen LogP contribution in [0.1, 0.15) is 17.4 Å². The summed E-state index contributed by atoms with van der Waals surface area (Å²) in [6, 6.07) is 7.14. The Bertz CT molecular complexity index is 476. The van der Waals surface area contributed by atoms with Crippen LogP contribution in [0.3, 0.4) is 0 Å². The Hall–Kier alpha value is -2.30. The van der Waals surface area contributed by atoms with Crippen LogP contribution in [0.15, 0.2) is 36.7 Å². The number of anilines is 2. The number of aromatic amines is 1. The lowest BCUT2D eigenvalue weighted by Gasteiger charge is -2.05. The van der Waals surface area contributed by atoms with Crippen molar-refractivity contribution in [2.75, 3.05) is 17.2 Å². The molecule has 0 unspecified atom stereocenters. The fourth-order valence-electron chi connectivity index (χ4n) is 1.42. The third-order valence-electron chi connectivity index (χ3n) is 2.22. The highest BCUT2D eigenvalue weighted by Gasteiger charge is 2.06. The van der Waals surface area contributed by atoms with Gasteiger partial charge in [-0.3, -0.25) is 4.79 Å². The first-order chi connectivity index (χ1) is 8.29. The van der Waals surface area contributed by atoms with Crippen LogP contribution in [0.5, 0.6) is 0 Å². The van der Waals surface area contributed by atoms with Crippen LogP contribution < -0.4 is 10.6 Å². The molecule has 17 heavy (non-hydrogen) atoms. The third-order valence-corrected chi connectivity index (χ3v) is 2.22. The number of carbonyl (C=O) groups excluding carboxylic acids is 1. The van der Waals surface area contributed by atoms with Crippen molar-refractivity contribution in [2.45, 2.75) is 6.92 Å². The Morgan fingerprint density at radius 2 is 2.29 bits per heavy atom. The van der Waals surface area contributed by atoms with E-state index in [0.29, 0.717) is 11.4 Å². The molecule has 0 saturated carbocycles. The van der Waals surface area contributed by atoms with E-state index in [1.807, 2.05) is 19.1 Å². The van der Waals surface area contributed by atoms with E-state index < -0.39 is 0 Å². The van der Waals surface area contributed by atoms with E-state index in [-0.39, 0.29) is 5.91 Å². The van der Waals surface area contributed by atoms with Crippen molar-refractivity contribution in [2.24, 2.45) is 0 Å². The normalized spacial score (nSPS) is 9.94. The molecule has 2 aromatic rings. The van der Waals surface area contributed by atoms with Crippen molar-refractivity contribution >= 4 is 17.4 Å². The van der Waals surface area contributed by atoms with Crippen LogP contribution >= 0.6 is 0 Å². The first-order valence-electron chi connectivity index (χ1n) is 5.44. The summed E-state index contributed by atoms with van der Waals surface area (Å²) in [5.41, 5.74) is 1.20. The summed E-state index contributed by atoms with van der Waals surface area (Å²) in [6.45, 7) is 2.82. The standard InChI is InChI=1S/C12H14N4O/c1-2-13-11-6-5-9(8-15-11)16-12(17)10-4-3-7-14-10/h3-8,14H,2H2,1H3,(H,13,15)(H,16,17). The number of hydrogen-bond donors (Lipinski definition) is 3. The van der Waals surface area contributed by atoms with Crippen LogP contribution in [0.4, 0.5) is 11.5 Å². The van der Waals surface area contributed by atoms with Gasteiger partial charge in [-0.2, -0.15) is 0 Å². The summed E-state index contributed by atoms with van der Waals surface area (Å²) < 4.78 is 0. The Labute approximate surface area is 99.3 Å². The van der Waals surface area contributed by atoms with Gasteiger partial charge in [0.15, 0.2) is 0 Å². The van der Waals surface area contributed by atoms with Crippen molar-refractivity contribution in [3.63, 3.8) is 0 Å². The van der Waals surface area contributed by atoms with Crippen LogP contribution in [-0.2, 0) is 0 Å². The molecule has 0 radical (unpaired) electrons. The first-order valence-corrected chi connectivity index (χ1v) is 5.44. The summed E-state index contributed by atoms with van der Waals surface area (Å²) in [7, 11) is 0. The van der Waals surface area contributed by atoms with E-state index in [1.165, 1.54) is 0 Å². The number of nitrogens with zero attached hydrogens (tertiary/aromatic N) is 1. The largest absolute Gasteiger partial charge is 0.370 e. The number of H-pyrrole nitrogens is 1. The minimum Gasteiger partial charge on any atom is -0.370 e. The van der Waals surface area contributed by atoms with Crippen LogP contribution in [0, 0.1) is 0 Å². The molecule has 0 aliphatic carbocycles. The zero-order valence-corrected chi connectivity index (χ0v) is 9.53. The lowest BCUT2D eigenvalue weighted by atomic mass is 10.3. The first kappa shape index (κ1) is 11.2. The second-order valence-electron chi connectivity index (χ2n) is 3.50. The Balaban J connectivity index is 2.01. The highest BCUT2D eigenvalue weighted by atomic mass is 16.1. The van der Waals surface area contributed by atoms with E-state index in [0.717, 1.165) is 12.4 Å². The van der Waals surface area contributed by atoms with Gasteiger partial charge in [-0.05, 0) is 31.2 Å². The van der Waals surface area contributed by atoms with Crippen molar-refractivity contribution in [3.8, 4) is 0 Å². The average Bonchev–Trinajstić information content (AvgIpc) is 2.86. The van der Waals surface area contributed by atoms with E-state index in [1.54, 1.807) is 24.5 Å². The van der Waals surface area contributed by atoms with Gasteiger partial charge in [0, 0.05) is 12.7 Å². The van der Waals surface area contributed by atoms with Gasteiger partial charge in [0.05, 0.1) is 11.9 Å². The van der Waals surface area contributed by atoms with Gasteiger partial charge < -0.3 is 15.6 Å². The third kappa shape index (κ3) is 2.84. The summed E-state index contributed by atoms with van der Waals surface area (Å²) in [5, 5.41) is 5.84. The maximum absolute atomic E-state index is 11.7. The van der Waals surface area contributed by atoms with Gasteiger partial charge in [-0.25, -0.2) is 4.98 Å². The summed E-state index contributed by atoms with van der Waals surface area (Å²) in [4.78, 5) is 18.7. The molecule has 0 saturated heterocycles. The minimum absolute atomic E-state index is 0.173. The molecule has 0 aliphatic heterocycles. The molecule has 88 valence electrons. The predicted molar refractivity (Wildman–Crippen MR) is 67.1 cm³/mol. The Morgan fingerprint density at radius 1 is 1.41 bits per heavy atom. The highest BCUT2D eigenvalue weighted by Crippen LogP contribution is 2.10. The van der Waals surface area contributed by atoms with Crippen LogP contribution in [0.2, 0.25) is 0 Å². The molecule has 0 aromatic carbocycles. The zero-order chi connectivity index (χ0) is 12.1. The topological polar surface area (TPSA) is 69.8 Å². The van der Waals surface area contributed by atoms with Crippen LogP contribution in [-0.4, -0.2) is 22.4 Å². The minimum atomic E-state index is -0.173. The predicted octanol–water partition coefficient (Wildman–Crippen LogP) is 2.09. The van der Waals surface area contributed by atoms with Gasteiger partial charge >= 0.3 is 0 Å². The molecule has 0 aliphatic rings. The van der Waals surface area contributed by atoms with Crippen molar-refractivity contribution in [3.05, 3.63) is 42.4 Å². The van der Waals surface area contributed by atoms with Gasteiger partial charge in [0.25, 0.3) is 5.91 Å². The Kier molecular flexibility index (Phi) is 3.40. The molecule has 0 atom stereocenters. The molecular formula is C12H14N4O. The number of carbonyl (C=O) groups is 1. The summed E-state index contributed by atoms with van der Waals surface area (Å²) in [6.07, 6.45) is 3.33. The van der Waals surface area contributed by atoms with Gasteiger partial charge in [-0.1, -0.05) is 0 Å². The fourth-order valence-corrected chi connectivity index (χ4v) is 1.42. The molecule has 0 bridgehead atoms. The van der Waals surface area contributed by atoms with E-state index >= 15 is 0 Å². The summed E-state index contributed by atoms with van der Waals surface area (Å²) in [5.74, 6) is 0.623. The van der Waals surface area contributed by atoms with E-state index in [4.69, 9.17) is 0 Å². The lowest BCUT2D eigenvalue weighted by Crippen LogP contribution is -2.12. The number of aromatic nitrogens is 2. The maximum Gasteiger partial charge on any atom is 0.272 e. The molecule has 0 spiro atoms. The van der Waals surface area contributed by atoms with Gasteiger partial charge in [0.1, 0.15) is 11.5 Å². The number of nitrogens with one attached hydrogen (secondary N) is 3. The molecule has 5 heteroatoms. The molecule has 2 heterocycles. The quantitative estimate of drug-likeness (QED) is 0.753. The number of amides is 1. The van der Waals surface area contributed by atoms with Crippen molar-refractivity contribution < 1.29 is 4.79 Å². The fraction of sp³-hybridized carbons (Fsp3) is 0.167. The molecule has 0 fully saturated rings. The zero-order valence-electron chi connectivity index (χ0n) is 9.53. The smallest absolute Gasteiger partial charge is 0.272 e. The van der Waals surface area contributed by atoms with E-state index in [2.05, 4.69) is 20.6 Å². The molecule has 1 amide bonds. The van der Waals surface area contributed by atoms with E-state index in [9.17, 15) is 4.79 Å². The van der Waals surface area contributed by atoms with Crippen molar-refractivity contribution in [1.82, 2.24) is 9.97 Å². The Morgan fingerprint density at radius 3 is 2.88 bits per heavy atom. The average molecular weight is 230 g/mol. The molecule has 2 aromatic heterocycles. The molecule has 5 nitrogen and oxygen atoms in total. The number of rotatable bonds is 4. The van der Waals surface area contributed by atoms with Gasteiger partial charge in [0.2, 0.25) is 0 Å². The summed E-state index contributed by atoms with van der Waals surface area (Å²) >= 11 is 0.